The molecule has 3 aromatic rings. The molecule has 6 heteroatoms. The maximum absolute atomic E-state index is 11.8. The first-order valence-corrected chi connectivity index (χ1v) is 9.15. The first-order chi connectivity index (χ1) is 11.6. The number of hydrogen-bond acceptors (Lipinski definition) is 4. The van der Waals surface area contributed by atoms with E-state index in [4.69, 9.17) is 0 Å². The van der Waals surface area contributed by atoms with E-state index in [0.29, 0.717) is 6.42 Å². The molecule has 0 aliphatic carbocycles. The molecule has 4 nitrogen and oxygen atoms in total. The number of thiazole rings is 1. The Morgan fingerprint density at radius 3 is 2.96 bits per heavy atom. The van der Waals surface area contributed by atoms with E-state index in [1.54, 1.807) is 16.2 Å². The number of carbonyl (C=O) groups is 1. The largest absolute Gasteiger partial charge is 0.332 e. The summed E-state index contributed by atoms with van der Waals surface area (Å²) < 4.78 is 1.02. The molecular formula is C18H14BrN3OS. The van der Waals surface area contributed by atoms with Gasteiger partial charge in [-0.25, -0.2) is 4.98 Å². The number of rotatable bonds is 3. The van der Waals surface area contributed by atoms with Gasteiger partial charge in [0.05, 0.1) is 12.1 Å². The van der Waals surface area contributed by atoms with E-state index in [-0.39, 0.29) is 5.91 Å². The van der Waals surface area contributed by atoms with Crippen molar-refractivity contribution in [2.24, 2.45) is 0 Å². The zero-order valence-corrected chi connectivity index (χ0v) is 15.3. The van der Waals surface area contributed by atoms with Crippen molar-refractivity contribution in [3.63, 3.8) is 0 Å². The zero-order chi connectivity index (χ0) is 16.7. The number of fused-ring (bicyclic) bond motifs is 1. The molecule has 1 aliphatic rings. The third-order valence-electron chi connectivity index (χ3n) is 4.03. The molecular weight excluding hydrogens is 386 g/mol. The predicted octanol–water partition coefficient (Wildman–Crippen LogP) is 4.84. The fourth-order valence-corrected chi connectivity index (χ4v) is 3.92. The Balaban J connectivity index is 1.59. The number of aromatic nitrogens is 1. The standard InChI is InChI=1S/C18H14BrN3OS/c1-22-16-6-5-11(7-12(16)8-17(22)23)15-10-24-18(21-15)20-14-4-2-3-13(19)9-14/h2-7,9-10H,8H2,1H3,(H,20,21). The molecule has 0 radical (unpaired) electrons. The summed E-state index contributed by atoms with van der Waals surface area (Å²) in [5.74, 6) is 0.137. The lowest BCUT2D eigenvalue weighted by Crippen LogP contribution is -2.20. The summed E-state index contributed by atoms with van der Waals surface area (Å²) in [4.78, 5) is 18.2. The second-order valence-corrected chi connectivity index (χ2v) is 7.42. The highest BCUT2D eigenvalue weighted by Gasteiger charge is 2.24. The number of nitrogens with zero attached hydrogens (tertiary/aromatic N) is 2. The Morgan fingerprint density at radius 1 is 1.25 bits per heavy atom. The van der Waals surface area contributed by atoms with Crippen molar-refractivity contribution in [1.82, 2.24) is 4.98 Å². The summed E-state index contributed by atoms with van der Waals surface area (Å²) in [6.45, 7) is 0. The van der Waals surface area contributed by atoms with Gasteiger partial charge in [0, 0.05) is 33.8 Å². The summed E-state index contributed by atoms with van der Waals surface area (Å²) in [5.41, 5.74) is 5.00. The predicted molar refractivity (Wildman–Crippen MR) is 102 cm³/mol. The average Bonchev–Trinajstić information content (AvgIpc) is 3.13. The number of carbonyl (C=O) groups excluding carboxylic acids is 1. The number of amides is 1. The summed E-state index contributed by atoms with van der Waals surface area (Å²) in [6.07, 6.45) is 0.465. The van der Waals surface area contributed by atoms with Gasteiger partial charge in [-0.1, -0.05) is 28.1 Å². The molecule has 1 aliphatic heterocycles. The molecule has 0 spiro atoms. The number of benzene rings is 2. The topological polar surface area (TPSA) is 45.2 Å². The molecule has 1 N–H and O–H groups in total. The van der Waals surface area contributed by atoms with Gasteiger partial charge in [-0.2, -0.15) is 0 Å². The monoisotopic (exact) mass is 399 g/mol. The van der Waals surface area contributed by atoms with Crippen LogP contribution in [0.5, 0.6) is 0 Å². The van der Waals surface area contributed by atoms with Crippen molar-refractivity contribution < 1.29 is 4.79 Å². The summed E-state index contributed by atoms with van der Waals surface area (Å²) >= 11 is 5.03. The first-order valence-electron chi connectivity index (χ1n) is 7.48. The average molecular weight is 400 g/mol. The van der Waals surface area contributed by atoms with E-state index in [0.717, 1.165) is 37.8 Å². The lowest BCUT2D eigenvalue weighted by Gasteiger charge is -2.09. The molecule has 120 valence electrons. The Labute approximate surface area is 152 Å². The van der Waals surface area contributed by atoms with Crippen LogP contribution < -0.4 is 10.2 Å². The summed E-state index contributed by atoms with van der Waals surface area (Å²) in [6, 6.07) is 14.1. The minimum atomic E-state index is 0.137. The van der Waals surface area contributed by atoms with Crippen molar-refractivity contribution in [2.45, 2.75) is 6.42 Å². The fourth-order valence-electron chi connectivity index (χ4n) is 2.78. The third kappa shape index (κ3) is 2.83. The van der Waals surface area contributed by atoms with Crippen molar-refractivity contribution in [3.8, 4) is 11.3 Å². The maximum Gasteiger partial charge on any atom is 0.231 e. The SMILES string of the molecule is CN1C(=O)Cc2cc(-c3csc(Nc4cccc(Br)c4)n3)ccc21. The highest BCUT2D eigenvalue weighted by Crippen LogP contribution is 2.33. The number of anilines is 3. The van der Waals surface area contributed by atoms with Gasteiger partial charge >= 0.3 is 0 Å². The zero-order valence-electron chi connectivity index (χ0n) is 12.9. The molecule has 0 bridgehead atoms. The van der Waals surface area contributed by atoms with E-state index < -0.39 is 0 Å². The van der Waals surface area contributed by atoms with Crippen molar-refractivity contribution in [3.05, 3.63) is 57.9 Å². The lowest BCUT2D eigenvalue weighted by molar-refractivity contribution is -0.117. The molecule has 0 saturated heterocycles. The molecule has 24 heavy (non-hydrogen) atoms. The first kappa shape index (κ1) is 15.4. The number of likely N-dealkylation sites (N-methyl/N-ethyl adjacent to an activating group) is 1. The van der Waals surface area contributed by atoms with Gasteiger partial charge < -0.3 is 10.2 Å². The molecule has 1 amide bonds. The molecule has 1 aromatic heterocycles. The van der Waals surface area contributed by atoms with E-state index in [2.05, 4.69) is 32.3 Å². The maximum atomic E-state index is 11.8. The molecule has 0 saturated carbocycles. The van der Waals surface area contributed by atoms with Gasteiger partial charge in [-0.3, -0.25) is 4.79 Å². The quantitative estimate of drug-likeness (QED) is 0.685. The van der Waals surface area contributed by atoms with Gasteiger partial charge in [-0.05, 0) is 35.9 Å². The Morgan fingerprint density at radius 2 is 2.12 bits per heavy atom. The molecule has 2 aromatic carbocycles. The van der Waals surface area contributed by atoms with Gasteiger partial charge in [0.15, 0.2) is 5.13 Å². The van der Waals surface area contributed by atoms with Crippen LogP contribution in [0.15, 0.2) is 52.3 Å². The Hall–Kier alpha value is -2.18. The summed E-state index contributed by atoms with van der Waals surface area (Å²) in [7, 11) is 1.82. The number of halogens is 1. The second-order valence-electron chi connectivity index (χ2n) is 5.65. The Kier molecular flexibility index (Phi) is 3.86. The normalized spacial score (nSPS) is 13.2. The van der Waals surface area contributed by atoms with Gasteiger partial charge in [0.2, 0.25) is 5.91 Å². The van der Waals surface area contributed by atoms with Gasteiger partial charge in [0.25, 0.3) is 0 Å². The third-order valence-corrected chi connectivity index (χ3v) is 5.28. The van der Waals surface area contributed by atoms with Crippen LogP contribution in [0.3, 0.4) is 0 Å². The molecule has 4 rings (SSSR count). The molecule has 2 heterocycles. The van der Waals surface area contributed by atoms with Crippen LogP contribution in [-0.2, 0) is 11.2 Å². The number of nitrogens with one attached hydrogen (secondary N) is 1. The highest BCUT2D eigenvalue weighted by atomic mass is 79.9. The van der Waals surface area contributed by atoms with Crippen molar-refractivity contribution in [1.29, 1.82) is 0 Å². The van der Waals surface area contributed by atoms with E-state index >= 15 is 0 Å². The van der Waals surface area contributed by atoms with E-state index in [1.165, 1.54) is 0 Å². The van der Waals surface area contributed by atoms with Crippen LogP contribution in [-0.4, -0.2) is 17.9 Å². The van der Waals surface area contributed by atoms with Crippen molar-refractivity contribution >= 4 is 49.7 Å². The van der Waals surface area contributed by atoms with E-state index in [1.807, 2.05) is 48.8 Å². The van der Waals surface area contributed by atoms with Gasteiger partial charge in [-0.15, -0.1) is 11.3 Å². The van der Waals surface area contributed by atoms with Crippen LogP contribution in [0.2, 0.25) is 0 Å². The summed E-state index contributed by atoms with van der Waals surface area (Å²) in [5, 5.41) is 6.19. The van der Waals surface area contributed by atoms with E-state index in [9.17, 15) is 4.79 Å². The minimum Gasteiger partial charge on any atom is -0.332 e. The van der Waals surface area contributed by atoms with Crippen molar-refractivity contribution in [2.75, 3.05) is 17.3 Å². The molecule has 0 fully saturated rings. The van der Waals surface area contributed by atoms with Crippen LogP contribution in [0.25, 0.3) is 11.3 Å². The van der Waals surface area contributed by atoms with Crippen LogP contribution in [0.1, 0.15) is 5.56 Å². The second kappa shape index (κ2) is 6.03. The van der Waals surface area contributed by atoms with Gasteiger partial charge in [0.1, 0.15) is 0 Å². The van der Waals surface area contributed by atoms with Crippen LogP contribution >= 0.6 is 27.3 Å². The van der Waals surface area contributed by atoms with Crippen LogP contribution in [0.4, 0.5) is 16.5 Å². The highest BCUT2D eigenvalue weighted by molar-refractivity contribution is 9.10. The lowest BCUT2D eigenvalue weighted by atomic mass is 10.1. The number of hydrogen-bond donors (Lipinski definition) is 1. The molecule has 0 unspecified atom stereocenters. The molecule has 0 atom stereocenters. The smallest absolute Gasteiger partial charge is 0.231 e. The Bertz CT molecular complexity index is 938. The van der Waals surface area contributed by atoms with Crippen LogP contribution in [0, 0.1) is 0 Å². The minimum absolute atomic E-state index is 0.137. The fraction of sp³-hybridized carbons (Fsp3) is 0.111.